The first-order valence-electron chi connectivity index (χ1n) is 6.99. The molecule has 2 aromatic carbocycles. The fourth-order valence-electron chi connectivity index (χ4n) is 2.15. The van der Waals surface area contributed by atoms with Crippen molar-refractivity contribution in [3.63, 3.8) is 0 Å². The highest BCUT2D eigenvalue weighted by molar-refractivity contribution is 5.81. The van der Waals surface area contributed by atoms with Crippen molar-refractivity contribution in [3.8, 4) is 5.75 Å². The Labute approximate surface area is 129 Å². The summed E-state index contributed by atoms with van der Waals surface area (Å²) in [4.78, 5) is 23.1. The number of benzene rings is 2. The summed E-state index contributed by atoms with van der Waals surface area (Å²) in [5.74, 6) is -0.307. The van der Waals surface area contributed by atoms with E-state index in [4.69, 9.17) is 9.47 Å². The average molecular weight is 298 g/mol. The largest absolute Gasteiger partial charge is 0.496 e. The van der Waals surface area contributed by atoms with Crippen LogP contribution < -0.4 is 4.74 Å². The Balaban J connectivity index is 2.11. The molecular formula is C18H18O4. The predicted octanol–water partition coefficient (Wildman–Crippen LogP) is 3.35. The number of carbonyl (C=O) groups is 2. The Morgan fingerprint density at radius 1 is 1.18 bits per heavy atom. The Bertz CT molecular complexity index is 649. The maximum absolute atomic E-state index is 12.2. The minimum Gasteiger partial charge on any atom is -0.496 e. The Morgan fingerprint density at radius 2 is 1.91 bits per heavy atom. The molecule has 0 fully saturated rings. The minimum absolute atomic E-state index is 0.222. The second-order valence-electron chi connectivity index (χ2n) is 4.93. The van der Waals surface area contributed by atoms with Gasteiger partial charge in [0.15, 0.2) is 0 Å². The summed E-state index contributed by atoms with van der Waals surface area (Å²) in [7, 11) is 1.53. The van der Waals surface area contributed by atoms with Crippen LogP contribution in [0.25, 0.3) is 0 Å². The van der Waals surface area contributed by atoms with Gasteiger partial charge in [-0.15, -0.1) is 0 Å². The third kappa shape index (κ3) is 3.73. The van der Waals surface area contributed by atoms with Gasteiger partial charge in [0.1, 0.15) is 18.6 Å². The maximum Gasteiger partial charge on any atom is 0.313 e. The highest BCUT2D eigenvalue weighted by Crippen LogP contribution is 2.28. The Morgan fingerprint density at radius 3 is 2.55 bits per heavy atom. The monoisotopic (exact) mass is 298 g/mol. The molecule has 4 heteroatoms. The molecule has 1 atom stereocenters. The molecule has 0 aromatic heterocycles. The quantitative estimate of drug-likeness (QED) is 0.606. The predicted molar refractivity (Wildman–Crippen MR) is 83.0 cm³/mol. The number of rotatable bonds is 6. The summed E-state index contributed by atoms with van der Waals surface area (Å²) in [6, 6.07) is 14.5. The first-order valence-corrected chi connectivity index (χ1v) is 6.99. The minimum atomic E-state index is -0.515. The summed E-state index contributed by atoms with van der Waals surface area (Å²) < 4.78 is 10.6. The highest BCUT2D eigenvalue weighted by Gasteiger charge is 2.21. The van der Waals surface area contributed by atoms with Crippen LogP contribution in [-0.2, 0) is 16.1 Å². The van der Waals surface area contributed by atoms with Gasteiger partial charge in [0.25, 0.3) is 0 Å². The van der Waals surface area contributed by atoms with Crippen molar-refractivity contribution in [2.24, 2.45) is 0 Å². The molecule has 0 N–H and O–H groups in total. The van der Waals surface area contributed by atoms with Gasteiger partial charge in [-0.1, -0.05) is 30.3 Å². The van der Waals surface area contributed by atoms with E-state index in [1.807, 2.05) is 30.3 Å². The zero-order valence-electron chi connectivity index (χ0n) is 12.6. The van der Waals surface area contributed by atoms with Crippen molar-refractivity contribution < 1.29 is 19.1 Å². The van der Waals surface area contributed by atoms with Crippen molar-refractivity contribution in [2.75, 3.05) is 7.11 Å². The summed E-state index contributed by atoms with van der Waals surface area (Å²) in [6.45, 7) is 1.96. The van der Waals surface area contributed by atoms with Crippen molar-refractivity contribution in [1.29, 1.82) is 0 Å². The summed E-state index contributed by atoms with van der Waals surface area (Å²) in [6.07, 6.45) is 0.741. The third-order valence-electron chi connectivity index (χ3n) is 3.43. The molecule has 0 saturated heterocycles. The summed E-state index contributed by atoms with van der Waals surface area (Å²) in [5.41, 5.74) is 2.07. The number of hydrogen-bond donors (Lipinski definition) is 0. The van der Waals surface area contributed by atoms with Gasteiger partial charge in [0.05, 0.1) is 13.0 Å². The van der Waals surface area contributed by atoms with E-state index in [1.165, 1.54) is 7.11 Å². The highest BCUT2D eigenvalue weighted by atomic mass is 16.5. The van der Waals surface area contributed by atoms with Crippen LogP contribution in [0.5, 0.6) is 5.75 Å². The first-order chi connectivity index (χ1) is 10.7. The van der Waals surface area contributed by atoms with Crippen LogP contribution in [0.4, 0.5) is 0 Å². The van der Waals surface area contributed by atoms with Gasteiger partial charge < -0.3 is 9.47 Å². The fraction of sp³-hybridized carbons (Fsp3) is 0.222. The van der Waals surface area contributed by atoms with Gasteiger partial charge in [-0.25, -0.2) is 0 Å². The van der Waals surface area contributed by atoms with Gasteiger partial charge in [-0.05, 0) is 30.7 Å². The number of aldehydes is 1. The van der Waals surface area contributed by atoms with Crippen LogP contribution in [0.3, 0.4) is 0 Å². The van der Waals surface area contributed by atoms with Crippen molar-refractivity contribution in [3.05, 3.63) is 65.2 Å². The molecule has 0 aliphatic rings. The number of ether oxygens (including phenoxy) is 2. The normalized spacial score (nSPS) is 11.5. The molecule has 0 aliphatic carbocycles. The molecule has 114 valence electrons. The lowest BCUT2D eigenvalue weighted by Gasteiger charge is -2.15. The molecule has 0 saturated carbocycles. The van der Waals surface area contributed by atoms with E-state index in [-0.39, 0.29) is 12.6 Å². The molecule has 0 amide bonds. The van der Waals surface area contributed by atoms with Gasteiger partial charge >= 0.3 is 5.97 Å². The van der Waals surface area contributed by atoms with Crippen LogP contribution in [0.2, 0.25) is 0 Å². The molecule has 1 unspecified atom stereocenters. The lowest BCUT2D eigenvalue weighted by atomic mass is 9.98. The number of hydrogen-bond acceptors (Lipinski definition) is 4. The van der Waals surface area contributed by atoms with E-state index in [2.05, 4.69) is 0 Å². The van der Waals surface area contributed by atoms with Crippen LogP contribution in [-0.4, -0.2) is 19.4 Å². The smallest absolute Gasteiger partial charge is 0.313 e. The van der Waals surface area contributed by atoms with E-state index >= 15 is 0 Å². The number of esters is 1. The lowest BCUT2D eigenvalue weighted by Crippen LogP contribution is -2.14. The molecule has 2 aromatic rings. The molecule has 22 heavy (non-hydrogen) atoms. The van der Waals surface area contributed by atoms with E-state index in [0.29, 0.717) is 16.9 Å². The molecular weight excluding hydrogens is 280 g/mol. The molecule has 0 aliphatic heterocycles. The zero-order chi connectivity index (χ0) is 15.9. The average Bonchev–Trinajstić information content (AvgIpc) is 2.59. The number of carbonyl (C=O) groups excluding carboxylic acids is 2. The van der Waals surface area contributed by atoms with Gasteiger partial charge in [-0.3, -0.25) is 9.59 Å². The first kappa shape index (κ1) is 15.8. The van der Waals surface area contributed by atoms with Crippen LogP contribution in [0, 0.1) is 0 Å². The van der Waals surface area contributed by atoms with E-state index in [9.17, 15) is 9.59 Å². The van der Waals surface area contributed by atoms with E-state index in [0.717, 1.165) is 11.8 Å². The standard InChI is InChI=1S/C18H18O4/c1-13(16-10-15(11-19)8-9-17(16)21-2)18(20)22-12-14-6-4-3-5-7-14/h3-11,13H,12H2,1-2H3. The molecule has 0 spiro atoms. The maximum atomic E-state index is 12.2. The summed E-state index contributed by atoms with van der Waals surface area (Å²) in [5, 5.41) is 0. The summed E-state index contributed by atoms with van der Waals surface area (Å²) >= 11 is 0. The third-order valence-corrected chi connectivity index (χ3v) is 3.43. The Hall–Kier alpha value is -2.62. The van der Waals surface area contributed by atoms with Crippen LogP contribution in [0.15, 0.2) is 48.5 Å². The number of methoxy groups -OCH3 is 1. The molecule has 0 bridgehead atoms. The van der Waals surface area contributed by atoms with Crippen LogP contribution in [0.1, 0.15) is 34.3 Å². The van der Waals surface area contributed by atoms with E-state index in [1.54, 1.807) is 25.1 Å². The molecule has 0 heterocycles. The van der Waals surface area contributed by atoms with E-state index < -0.39 is 5.92 Å². The fourth-order valence-corrected chi connectivity index (χ4v) is 2.15. The molecule has 0 radical (unpaired) electrons. The van der Waals surface area contributed by atoms with Crippen molar-refractivity contribution in [2.45, 2.75) is 19.4 Å². The molecule has 4 nitrogen and oxygen atoms in total. The molecule has 2 rings (SSSR count). The van der Waals surface area contributed by atoms with Gasteiger partial charge in [-0.2, -0.15) is 0 Å². The van der Waals surface area contributed by atoms with Crippen LogP contribution >= 0.6 is 0 Å². The SMILES string of the molecule is COc1ccc(C=O)cc1C(C)C(=O)OCc1ccccc1. The Kier molecular flexibility index (Phi) is 5.31. The lowest BCUT2D eigenvalue weighted by molar-refractivity contribution is -0.146. The topological polar surface area (TPSA) is 52.6 Å². The van der Waals surface area contributed by atoms with Gasteiger partial charge in [0, 0.05) is 11.1 Å². The zero-order valence-corrected chi connectivity index (χ0v) is 12.6. The van der Waals surface area contributed by atoms with Crippen molar-refractivity contribution in [1.82, 2.24) is 0 Å². The second-order valence-corrected chi connectivity index (χ2v) is 4.93. The van der Waals surface area contributed by atoms with Gasteiger partial charge in [0.2, 0.25) is 0 Å². The van der Waals surface area contributed by atoms with Crippen molar-refractivity contribution >= 4 is 12.3 Å². The second kappa shape index (κ2) is 7.41.